The Hall–Kier alpha value is -1.71. The molecule has 3 rings (SSSR count). The number of nitrogens with one attached hydrogen (secondary N) is 1. The van der Waals surface area contributed by atoms with Crippen LogP contribution in [0.2, 0.25) is 0 Å². The molecule has 0 aliphatic rings. The number of fused-ring (bicyclic) bond motifs is 1. The molecule has 0 unspecified atom stereocenters. The van der Waals surface area contributed by atoms with Gasteiger partial charge in [0.2, 0.25) is 0 Å². The quantitative estimate of drug-likeness (QED) is 0.675. The van der Waals surface area contributed by atoms with Crippen LogP contribution < -0.4 is 5.73 Å². The Bertz CT molecular complexity index is 772. The number of hydrogen-bond acceptors (Lipinski definition) is 2. The zero-order chi connectivity index (χ0) is 15.5. The molecule has 0 fully saturated rings. The van der Waals surface area contributed by atoms with E-state index in [0.29, 0.717) is 6.54 Å². The van der Waals surface area contributed by atoms with Crippen LogP contribution in [0.25, 0.3) is 22.0 Å². The highest BCUT2D eigenvalue weighted by Gasteiger charge is 2.14. The Morgan fingerprint density at radius 1 is 1.09 bits per heavy atom. The van der Waals surface area contributed by atoms with E-state index in [1.54, 1.807) is 11.8 Å². The van der Waals surface area contributed by atoms with Gasteiger partial charge in [0.05, 0.1) is 0 Å². The van der Waals surface area contributed by atoms with Crippen molar-refractivity contribution < 1.29 is 0 Å². The molecule has 0 radical (unpaired) electrons. The van der Waals surface area contributed by atoms with Gasteiger partial charge in [0.15, 0.2) is 0 Å². The molecule has 0 bridgehead atoms. The molecule has 3 N–H and O–H groups in total. The van der Waals surface area contributed by atoms with Gasteiger partial charge in [-0.25, -0.2) is 0 Å². The molecule has 1 aromatic heterocycles. The lowest BCUT2D eigenvalue weighted by molar-refractivity contribution is 0.936. The number of rotatable bonds is 5. The van der Waals surface area contributed by atoms with Crippen molar-refractivity contribution in [3.05, 3.63) is 53.7 Å². The standard InChI is InChI=1S/C19H22N2S/c1-3-17-16(11-12-20)19-15(5-4-6-18(19)21-17)13-7-9-14(22-2)10-8-13/h4-10,21H,3,11-12,20H2,1-2H3. The van der Waals surface area contributed by atoms with Crippen LogP contribution in [0.1, 0.15) is 18.2 Å². The van der Waals surface area contributed by atoms with Gasteiger partial charge < -0.3 is 10.7 Å². The van der Waals surface area contributed by atoms with Crippen molar-refractivity contribution in [3.63, 3.8) is 0 Å². The Morgan fingerprint density at radius 2 is 1.86 bits per heavy atom. The Morgan fingerprint density at radius 3 is 2.50 bits per heavy atom. The van der Waals surface area contributed by atoms with Crippen molar-refractivity contribution in [2.45, 2.75) is 24.7 Å². The molecule has 0 saturated heterocycles. The van der Waals surface area contributed by atoms with Gasteiger partial charge in [-0.15, -0.1) is 11.8 Å². The molecule has 2 nitrogen and oxygen atoms in total. The number of benzene rings is 2. The minimum atomic E-state index is 0.680. The number of aromatic nitrogens is 1. The van der Waals surface area contributed by atoms with E-state index in [2.05, 4.69) is 60.6 Å². The van der Waals surface area contributed by atoms with Crippen LogP contribution >= 0.6 is 11.8 Å². The fraction of sp³-hybridized carbons (Fsp3) is 0.263. The minimum Gasteiger partial charge on any atom is -0.358 e. The first-order valence-electron chi connectivity index (χ1n) is 7.75. The predicted octanol–water partition coefficient (Wildman–Crippen LogP) is 4.62. The average molecular weight is 310 g/mol. The van der Waals surface area contributed by atoms with Gasteiger partial charge >= 0.3 is 0 Å². The summed E-state index contributed by atoms with van der Waals surface area (Å²) in [5, 5.41) is 1.33. The van der Waals surface area contributed by atoms with Gasteiger partial charge in [-0.05, 0) is 60.5 Å². The van der Waals surface area contributed by atoms with E-state index in [-0.39, 0.29) is 0 Å². The van der Waals surface area contributed by atoms with Crippen molar-refractivity contribution in [1.82, 2.24) is 4.98 Å². The molecule has 1 heterocycles. The second-order valence-electron chi connectivity index (χ2n) is 5.43. The van der Waals surface area contributed by atoms with Gasteiger partial charge in [0.1, 0.15) is 0 Å². The highest BCUT2D eigenvalue weighted by molar-refractivity contribution is 7.98. The maximum atomic E-state index is 5.84. The lowest BCUT2D eigenvalue weighted by Gasteiger charge is -2.08. The second kappa shape index (κ2) is 6.59. The largest absolute Gasteiger partial charge is 0.358 e. The summed E-state index contributed by atoms with van der Waals surface area (Å²) in [6, 6.07) is 15.3. The van der Waals surface area contributed by atoms with E-state index in [1.807, 2.05) is 0 Å². The highest BCUT2D eigenvalue weighted by Crippen LogP contribution is 2.34. The van der Waals surface area contributed by atoms with Crippen molar-refractivity contribution in [1.29, 1.82) is 0 Å². The number of hydrogen-bond donors (Lipinski definition) is 2. The number of aromatic amines is 1. The first-order valence-corrected chi connectivity index (χ1v) is 8.97. The Kier molecular flexibility index (Phi) is 4.55. The second-order valence-corrected chi connectivity index (χ2v) is 6.31. The van der Waals surface area contributed by atoms with Crippen molar-refractivity contribution in [3.8, 4) is 11.1 Å². The predicted molar refractivity (Wildman–Crippen MR) is 97.7 cm³/mol. The molecule has 0 atom stereocenters. The number of aryl methyl sites for hydroxylation is 1. The van der Waals surface area contributed by atoms with Crippen LogP contribution in [0, 0.1) is 0 Å². The summed E-state index contributed by atoms with van der Waals surface area (Å²) >= 11 is 1.77. The van der Waals surface area contributed by atoms with Gasteiger partial charge in [0.25, 0.3) is 0 Å². The fourth-order valence-electron chi connectivity index (χ4n) is 3.10. The molecule has 3 heteroatoms. The first-order chi connectivity index (χ1) is 10.8. The summed E-state index contributed by atoms with van der Waals surface area (Å²) in [7, 11) is 0. The van der Waals surface area contributed by atoms with Crippen LogP contribution in [0.4, 0.5) is 0 Å². The molecule has 0 saturated carbocycles. The summed E-state index contributed by atoms with van der Waals surface area (Å²) in [4.78, 5) is 4.86. The number of thioether (sulfide) groups is 1. The third-order valence-corrected chi connectivity index (χ3v) is 4.91. The van der Waals surface area contributed by atoms with E-state index < -0.39 is 0 Å². The van der Waals surface area contributed by atoms with Crippen LogP contribution in [0.15, 0.2) is 47.4 Å². The van der Waals surface area contributed by atoms with Gasteiger partial charge in [-0.1, -0.05) is 31.2 Å². The third-order valence-electron chi connectivity index (χ3n) is 4.16. The van der Waals surface area contributed by atoms with Crippen molar-refractivity contribution in [2.75, 3.05) is 12.8 Å². The van der Waals surface area contributed by atoms with Crippen LogP contribution in [-0.2, 0) is 12.8 Å². The maximum absolute atomic E-state index is 5.84. The molecule has 0 aliphatic heterocycles. The lowest BCUT2D eigenvalue weighted by atomic mass is 9.96. The summed E-state index contributed by atoms with van der Waals surface area (Å²) in [6.07, 6.45) is 4.03. The first kappa shape index (κ1) is 15.2. The molecule has 2 aromatic carbocycles. The molecular formula is C19H22N2S. The molecule has 0 aliphatic carbocycles. The van der Waals surface area contributed by atoms with E-state index in [0.717, 1.165) is 12.8 Å². The maximum Gasteiger partial charge on any atom is 0.0465 e. The topological polar surface area (TPSA) is 41.8 Å². The van der Waals surface area contributed by atoms with Gasteiger partial charge in [0, 0.05) is 21.5 Å². The average Bonchev–Trinajstić information content (AvgIpc) is 2.93. The molecule has 22 heavy (non-hydrogen) atoms. The molecule has 114 valence electrons. The Labute approximate surface area is 136 Å². The molecule has 0 spiro atoms. The van der Waals surface area contributed by atoms with Gasteiger partial charge in [-0.2, -0.15) is 0 Å². The van der Waals surface area contributed by atoms with Crippen LogP contribution in [-0.4, -0.2) is 17.8 Å². The third kappa shape index (κ3) is 2.67. The number of H-pyrrole nitrogens is 1. The molecule has 3 aromatic rings. The van der Waals surface area contributed by atoms with Gasteiger partial charge in [-0.3, -0.25) is 0 Å². The summed E-state index contributed by atoms with van der Waals surface area (Å²) in [6.45, 7) is 2.87. The summed E-state index contributed by atoms with van der Waals surface area (Å²) in [5.41, 5.74) is 12.3. The van der Waals surface area contributed by atoms with Crippen LogP contribution in [0.3, 0.4) is 0 Å². The van der Waals surface area contributed by atoms with E-state index in [4.69, 9.17) is 5.73 Å². The normalized spacial score (nSPS) is 11.2. The Balaban J connectivity index is 2.21. The summed E-state index contributed by atoms with van der Waals surface area (Å²) < 4.78 is 0. The lowest BCUT2D eigenvalue weighted by Crippen LogP contribution is -2.04. The monoisotopic (exact) mass is 310 g/mol. The van der Waals surface area contributed by atoms with Crippen LogP contribution in [0.5, 0.6) is 0 Å². The van der Waals surface area contributed by atoms with Crippen molar-refractivity contribution >= 4 is 22.7 Å². The smallest absolute Gasteiger partial charge is 0.0465 e. The van der Waals surface area contributed by atoms with E-state index in [1.165, 1.54) is 38.2 Å². The molecule has 0 amide bonds. The fourth-order valence-corrected chi connectivity index (χ4v) is 3.51. The summed E-state index contributed by atoms with van der Waals surface area (Å²) in [5.74, 6) is 0. The van der Waals surface area contributed by atoms with E-state index in [9.17, 15) is 0 Å². The number of nitrogens with two attached hydrogens (primary N) is 1. The molecular weight excluding hydrogens is 288 g/mol. The highest BCUT2D eigenvalue weighted by atomic mass is 32.2. The van der Waals surface area contributed by atoms with E-state index >= 15 is 0 Å². The van der Waals surface area contributed by atoms with Crippen molar-refractivity contribution in [2.24, 2.45) is 5.73 Å². The SMILES string of the molecule is CCc1[nH]c2cccc(-c3ccc(SC)cc3)c2c1CCN. The minimum absolute atomic E-state index is 0.680. The zero-order valence-corrected chi connectivity index (χ0v) is 14.0. The zero-order valence-electron chi connectivity index (χ0n) is 13.1.